The Balaban J connectivity index is 1.66. The molecule has 0 aliphatic carbocycles. The van der Waals surface area contributed by atoms with Gasteiger partial charge in [0.15, 0.2) is 0 Å². The van der Waals surface area contributed by atoms with Gasteiger partial charge in [-0.3, -0.25) is 9.59 Å². The molecule has 140 valence electrons. The molecule has 5 nitrogen and oxygen atoms in total. The van der Waals surface area contributed by atoms with Gasteiger partial charge < -0.3 is 15.1 Å². The number of carbonyl (C=O) groups is 2. The van der Waals surface area contributed by atoms with Crippen molar-refractivity contribution < 1.29 is 14.0 Å². The topological polar surface area (TPSA) is 71.3 Å². The summed E-state index contributed by atoms with van der Waals surface area (Å²) < 4.78 is 5.35. The fourth-order valence-corrected chi connectivity index (χ4v) is 3.12. The molecule has 1 heterocycles. The lowest BCUT2D eigenvalue weighted by molar-refractivity contribution is 0.0904. The second-order valence-corrected chi connectivity index (χ2v) is 7.01. The van der Waals surface area contributed by atoms with Gasteiger partial charge in [-0.25, -0.2) is 0 Å². The molecule has 0 aliphatic heterocycles. The van der Waals surface area contributed by atoms with Gasteiger partial charge >= 0.3 is 0 Å². The van der Waals surface area contributed by atoms with Crippen molar-refractivity contribution >= 4 is 22.8 Å². The summed E-state index contributed by atoms with van der Waals surface area (Å²) in [6.45, 7) is 4.55. The molecule has 0 radical (unpaired) electrons. The van der Waals surface area contributed by atoms with Gasteiger partial charge in [-0.15, -0.1) is 0 Å². The van der Waals surface area contributed by atoms with E-state index in [2.05, 4.69) is 24.5 Å². The molecule has 1 atom stereocenters. The predicted molar refractivity (Wildman–Crippen MR) is 106 cm³/mol. The fraction of sp³-hybridized carbons (Fsp3) is 0.273. The third-order valence-electron chi connectivity index (χ3n) is 4.38. The summed E-state index contributed by atoms with van der Waals surface area (Å²) in [7, 11) is 0. The Labute approximate surface area is 158 Å². The van der Waals surface area contributed by atoms with Crippen molar-refractivity contribution in [3.8, 4) is 0 Å². The minimum Gasteiger partial charge on any atom is -0.464 e. The van der Waals surface area contributed by atoms with E-state index in [1.165, 1.54) is 0 Å². The number of nitrogens with one attached hydrogen (secondary N) is 2. The zero-order chi connectivity index (χ0) is 19.2. The average molecular weight is 364 g/mol. The van der Waals surface area contributed by atoms with Crippen LogP contribution in [0.15, 0.2) is 65.3 Å². The zero-order valence-corrected chi connectivity index (χ0v) is 15.6. The molecule has 0 saturated heterocycles. The predicted octanol–water partition coefficient (Wildman–Crippen LogP) is 4.01. The Morgan fingerprint density at radius 3 is 2.48 bits per heavy atom. The number of rotatable bonds is 7. The van der Waals surface area contributed by atoms with Gasteiger partial charge in [0.05, 0.1) is 11.8 Å². The van der Waals surface area contributed by atoms with Crippen LogP contribution < -0.4 is 10.6 Å². The Hall–Kier alpha value is -3.08. The van der Waals surface area contributed by atoms with E-state index in [-0.39, 0.29) is 17.9 Å². The van der Waals surface area contributed by atoms with Crippen LogP contribution in [0.2, 0.25) is 0 Å². The SMILES string of the molecule is CC(C)C[C@H](CNC(=O)c1cccc2occc12)NC(=O)c1ccccc1. The summed E-state index contributed by atoms with van der Waals surface area (Å²) in [4.78, 5) is 25.1. The number of fused-ring (bicyclic) bond motifs is 1. The Bertz CT molecular complexity index is 915. The van der Waals surface area contributed by atoms with Crippen molar-refractivity contribution in [3.63, 3.8) is 0 Å². The van der Waals surface area contributed by atoms with Crippen LogP contribution in [0, 0.1) is 5.92 Å². The van der Waals surface area contributed by atoms with Crippen molar-refractivity contribution in [2.75, 3.05) is 6.54 Å². The van der Waals surface area contributed by atoms with Crippen molar-refractivity contribution in [1.29, 1.82) is 0 Å². The lowest BCUT2D eigenvalue weighted by atomic mass is 10.0. The molecule has 0 bridgehead atoms. The van der Waals surface area contributed by atoms with Gasteiger partial charge in [-0.05, 0) is 42.7 Å². The molecule has 0 saturated carbocycles. The molecule has 3 rings (SSSR count). The summed E-state index contributed by atoms with van der Waals surface area (Å²) >= 11 is 0. The summed E-state index contributed by atoms with van der Waals surface area (Å²) in [6, 6.07) is 16.1. The molecular weight excluding hydrogens is 340 g/mol. The molecule has 27 heavy (non-hydrogen) atoms. The van der Waals surface area contributed by atoms with E-state index in [9.17, 15) is 9.59 Å². The normalized spacial score (nSPS) is 12.1. The van der Waals surface area contributed by atoms with Crippen LogP contribution in [0.5, 0.6) is 0 Å². The smallest absolute Gasteiger partial charge is 0.252 e. The van der Waals surface area contributed by atoms with E-state index >= 15 is 0 Å². The van der Waals surface area contributed by atoms with Crippen LogP contribution in [-0.2, 0) is 0 Å². The first-order valence-corrected chi connectivity index (χ1v) is 9.15. The quantitative estimate of drug-likeness (QED) is 0.665. The van der Waals surface area contributed by atoms with Gasteiger partial charge in [-0.1, -0.05) is 38.1 Å². The minimum atomic E-state index is -0.176. The number of amides is 2. The minimum absolute atomic E-state index is 0.132. The van der Waals surface area contributed by atoms with Gasteiger partial charge in [0, 0.05) is 23.5 Å². The lowest BCUT2D eigenvalue weighted by Crippen LogP contribution is -2.44. The summed E-state index contributed by atoms with van der Waals surface area (Å²) in [5, 5.41) is 6.76. The van der Waals surface area contributed by atoms with E-state index in [1.54, 1.807) is 36.6 Å². The fourth-order valence-electron chi connectivity index (χ4n) is 3.12. The highest BCUT2D eigenvalue weighted by molar-refractivity contribution is 6.05. The molecule has 0 spiro atoms. The number of hydrogen-bond donors (Lipinski definition) is 2. The van der Waals surface area contributed by atoms with E-state index in [0.29, 0.717) is 29.2 Å². The van der Waals surface area contributed by atoms with Gasteiger partial charge in [0.1, 0.15) is 5.58 Å². The highest BCUT2D eigenvalue weighted by Gasteiger charge is 2.18. The molecular formula is C22H24N2O3. The molecule has 1 aromatic heterocycles. The van der Waals surface area contributed by atoms with Crippen molar-refractivity contribution in [2.24, 2.45) is 5.92 Å². The maximum atomic E-state index is 12.6. The molecule has 0 unspecified atom stereocenters. The number of benzene rings is 2. The van der Waals surface area contributed by atoms with Crippen LogP contribution in [0.3, 0.4) is 0 Å². The second-order valence-electron chi connectivity index (χ2n) is 7.01. The Morgan fingerprint density at radius 2 is 1.74 bits per heavy atom. The standard InChI is InChI=1S/C22H24N2O3/c1-15(2)13-17(24-21(25)16-7-4-3-5-8-16)14-23-22(26)19-9-6-10-20-18(19)11-12-27-20/h3-12,15,17H,13-14H2,1-2H3,(H,23,26)(H,24,25)/t17-/m1/s1. The zero-order valence-electron chi connectivity index (χ0n) is 15.6. The van der Waals surface area contributed by atoms with E-state index in [4.69, 9.17) is 4.42 Å². The van der Waals surface area contributed by atoms with Crippen molar-refractivity contribution in [1.82, 2.24) is 10.6 Å². The Kier molecular flexibility index (Phi) is 5.91. The molecule has 2 aromatic carbocycles. The maximum Gasteiger partial charge on any atom is 0.252 e. The monoisotopic (exact) mass is 364 g/mol. The summed E-state index contributed by atoms with van der Waals surface area (Å²) in [5.41, 5.74) is 1.86. The number of furan rings is 1. The Morgan fingerprint density at radius 1 is 0.963 bits per heavy atom. The third-order valence-corrected chi connectivity index (χ3v) is 4.38. The van der Waals surface area contributed by atoms with Crippen LogP contribution >= 0.6 is 0 Å². The van der Waals surface area contributed by atoms with Gasteiger partial charge in [0.2, 0.25) is 0 Å². The summed E-state index contributed by atoms with van der Waals surface area (Å²) in [6.07, 6.45) is 2.35. The lowest BCUT2D eigenvalue weighted by Gasteiger charge is -2.21. The third kappa shape index (κ3) is 4.76. The van der Waals surface area contributed by atoms with Crippen LogP contribution in [0.1, 0.15) is 41.0 Å². The first-order chi connectivity index (χ1) is 13.0. The van der Waals surface area contributed by atoms with Crippen molar-refractivity contribution in [3.05, 3.63) is 72.0 Å². The van der Waals surface area contributed by atoms with E-state index in [0.717, 1.165) is 11.8 Å². The first-order valence-electron chi connectivity index (χ1n) is 9.15. The van der Waals surface area contributed by atoms with Crippen LogP contribution in [0.25, 0.3) is 11.0 Å². The van der Waals surface area contributed by atoms with Crippen LogP contribution in [0.4, 0.5) is 0 Å². The van der Waals surface area contributed by atoms with Gasteiger partial charge in [-0.2, -0.15) is 0 Å². The highest BCUT2D eigenvalue weighted by atomic mass is 16.3. The van der Waals surface area contributed by atoms with E-state index < -0.39 is 0 Å². The average Bonchev–Trinajstić information content (AvgIpc) is 3.15. The van der Waals surface area contributed by atoms with E-state index in [1.807, 2.05) is 24.3 Å². The number of hydrogen-bond acceptors (Lipinski definition) is 3. The molecule has 0 aliphatic rings. The van der Waals surface area contributed by atoms with Crippen molar-refractivity contribution in [2.45, 2.75) is 26.3 Å². The molecule has 2 N–H and O–H groups in total. The molecule has 5 heteroatoms. The number of carbonyl (C=O) groups excluding carboxylic acids is 2. The molecule has 0 fully saturated rings. The first kappa shape index (κ1) is 18.7. The summed E-state index contributed by atoms with van der Waals surface area (Å²) in [5.74, 6) is 0.0810. The molecule has 2 amide bonds. The largest absolute Gasteiger partial charge is 0.464 e. The molecule has 3 aromatic rings. The highest BCUT2D eigenvalue weighted by Crippen LogP contribution is 2.19. The maximum absolute atomic E-state index is 12.6. The van der Waals surface area contributed by atoms with Gasteiger partial charge in [0.25, 0.3) is 11.8 Å². The second kappa shape index (κ2) is 8.54. The van der Waals surface area contributed by atoms with Crippen LogP contribution in [-0.4, -0.2) is 24.4 Å².